The summed E-state index contributed by atoms with van der Waals surface area (Å²) in [7, 11) is 0. The molecule has 29 valence electrons. The van der Waals surface area contributed by atoms with E-state index in [2.05, 4.69) is 4.98 Å². The maximum absolute atomic E-state index is 2.86. The van der Waals surface area contributed by atoms with Crippen molar-refractivity contribution in [3.63, 3.8) is 0 Å². The Labute approximate surface area is 70.1 Å². The molecule has 0 unspecified atom stereocenters. The molecule has 0 saturated carbocycles. The largest absolute Gasteiger partial charge is 0.368 e. The molecule has 1 N–H and O–H groups in total. The Morgan fingerprint density at radius 3 is 1.67 bits per heavy atom. The number of hydrogen-bond donors (Lipinski definition) is 1. The molecule has 2 heteroatoms. The van der Waals surface area contributed by atoms with Crippen LogP contribution in [0.15, 0.2) is 24.5 Å². The summed E-state index contributed by atoms with van der Waals surface area (Å²) >= 11 is 0. The van der Waals surface area contributed by atoms with Gasteiger partial charge >= 0.3 is 0 Å². The number of nitrogens with one attached hydrogen (secondary N) is 1. The van der Waals surface area contributed by atoms with Crippen molar-refractivity contribution in [2.24, 2.45) is 0 Å². The normalized spacial score (nSPS) is 6.67. The minimum absolute atomic E-state index is 0. The summed E-state index contributed by atoms with van der Waals surface area (Å²) in [5, 5.41) is 0. The van der Waals surface area contributed by atoms with Crippen LogP contribution < -0.4 is 0 Å². The number of rotatable bonds is 0. The van der Waals surface area contributed by atoms with Gasteiger partial charge in [0.05, 0.1) is 0 Å². The summed E-state index contributed by atoms with van der Waals surface area (Å²) in [5.74, 6) is 0. The fraction of sp³-hybridized carbons (Fsp3) is 0. The summed E-state index contributed by atoms with van der Waals surface area (Å²) in [4.78, 5) is 2.86. The topological polar surface area (TPSA) is 15.8 Å². The molecule has 1 heterocycles. The first-order valence-electron chi connectivity index (χ1n) is 1.58. The van der Waals surface area contributed by atoms with Crippen molar-refractivity contribution in [3.8, 4) is 0 Å². The zero-order valence-electron chi connectivity index (χ0n) is 3.39. The maximum Gasteiger partial charge on any atom is 0.000496 e. The van der Waals surface area contributed by atoms with Gasteiger partial charge < -0.3 is 4.98 Å². The summed E-state index contributed by atoms with van der Waals surface area (Å²) in [6.45, 7) is 0. The minimum Gasteiger partial charge on any atom is -0.368 e. The fourth-order valence-electron chi connectivity index (χ4n) is 0.278. The third-order valence-corrected chi connectivity index (χ3v) is 0.496. The average Bonchev–Trinajstić information content (AvgIpc) is 1.76. The Kier molecular flexibility index (Phi) is 4.23. The molecule has 1 aromatic rings. The van der Waals surface area contributed by atoms with Gasteiger partial charge in [-0.3, -0.25) is 0 Å². The Balaban J connectivity index is 0.000000250. The first kappa shape index (κ1) is 6.64. The molecule has 0 fully saturated rings. The van der Waals surface area contributed by atoms with Crippen molar-refractivity contribution < 1.29 is 41.3 Å². The molecule has 0 atom stereocenters. The Morgan fingerprint density at radius 1 is 1.00 bits per heavy atom. The van der Waals surface area contributed by atoms with E-state index >= 15 is 0 Å². The van der Waals surface area contributed by atoms with Crippen molar-refractivity contribution in [1.82, 2.24) is 4.98 Å². The van der Waals surface area contributed by atoms with Crippen molar-refractivity contribution in [2.75, 3.05) is 0 Å². The fourth-order valence-corrected chi connectivity index (χ4v) is 0.278. The van der Waals surface area contributed by atoms with E-state index in [-0.39, 0.29) is 41.3 Å². The molecule has 0 amide bonds. The van der Waals surface area contributed by atoms with Gasteiger partial charge in [0.15, 0.2) is 0 Å². The summed E-state index contributed by atoms with van der Waals surface area (Å²) < 4.78 is 0. The van der Waals surface area contributed by atoms with Crippen LogP contribution >= 0.6 is 0 Å². The predicted octanol–water partition coefficient (Wildman–Crippen LogP) is 1.01. The quantitative estimate of drug-likeness (QED) is 0.654. The molecular weight excluding hydrogens is 203 g/mol. The number of H-pyrrole nitrogens is 1. The number of aromatic amines is 1. The van der Waals surface area contributed by atoms with Crippen molar-refractivity contribution in [3.05, 3.63) is 24.5 Å². The summed E-state index contributed by atoms with van der Waals surface area (Å²) in [5.41, 5.74) is 0. The van der Waals surface area contributed by atoms with Gasteiger partial charge in [-0.15, -0.1) is 0 Å². The van der Waals surface area contributed by atoms with Crippen LogP contribution in [-0.4, -0.2) is 4.98 Å². The molecule has 1 aromatic heterocycles. The van der Waals surface area contributed by atoms with Crippen LogP contribution in [0.1, 0.15) is 0 Å². The van der Waals surface area contributed by atoms with Crippen molar-refractivity contribution >= 4 is 0 Å². The van der Waals surface area contributed by atoms with E-state index in [1.165, 1.54) is 0 Å². The Morgan fingerprint density at radius 2 is 1.50 bits per heavy atom. The summed E-state index contributed by atoms with van der Waals surface area (Å²) in [6, 6.07) is 3.89. The molecule has 0 saturated heterocycles. The van der Waals surface area contributed by atoms with Crippen LogP contribution in [0.2, 0.25) is 0 Å². The monoisotopic (exact) mass is 208 g/mol. The zero-order valence-corrected chi connectivity index (χ0v) is 7.09. The summed E-state index contributed by atoms with van der Waals surface area (Å²) in [6.07, 6.45) is 3.75. The van der Waals surface area contributed by atoms with Crippen LogP contribution in [0.25, 0.3) is 0 Å². The van der Waals surface area contributed by atoms with Gasteiger partial charge in [-0.05, 0) is 12.1 Å². The molecule has 0 bridgehead atoms. The molecule has 0 spiro atoms. The van der Waals surface area contributed by atoms with Gasteiger partial charge in [-0.1, -0.05) is 0 Å². The van der Waals surface area contributed by atoms with Gasteiger partial charge in [0.1, 0.15) is 0 Å². The van der Waals surface area contributed by atoms with E-state index in [1.807, 2.05) is 24.5 Å². The number of aromatic nitrogens is 1. The minimum atomic E-state index is 0. The van der Waals surface area contributed by atoms with E-state index in [0.717, 1.165) is 0 Å². The second-order valence-corrected chi connectivity index (χ2v) is 0.885. The molecule has 1 rings (SSSR count). The van der Waals surface area contributed by atoms with Crippen LogP contribution in [0.3, 0.4) is 0 Å². The second-order valence-electron chi connectivity index (χ2n) is 0.885. The Bertz CT molecular complexity index is 64.0. The average molecular weight is 208 g/mol. The van der Waals surface area contributed by atoms with E-state index in [4.69, 9.17) is 0 Å². The molecule has 1 radical (unpaired) electrons. The Hall–Kier alpha value is 0.644. The third-order valence-electron chi connectivity index (χ3n) is 0.496. The maximum atomic E-state index is 2.86. The van der Waals surface area contributed by atoms with Crippen LogP contribution in [-0.2, 0) is 0 Å². The molecule has 0 aliphatic heterocycles. The van der Waals surface area contributed by atoms with Gasteiger partial charge in [-0.25, -0.2) is 0 Å². The molecule has 1 nitrogen and oxygen atoms in total. The molecule has 0 aromatic carbocycles. The van der Waals surface area contributed by atoms with Crippen LogP contribution in [0.5, 0.6) is 0 Å². The molecular formula is C4H5NPr. The standard InChI is InChI=1S/C4H5N.Pr/c1-2-4-5-3-1;/h1-5H;. The van der Waals surface area contributed by atoms with E-state index in [1.54, 1.807) is 0 Å². The predicted molar refractivity (Wildman–Crippen MR) is 20.8 cm³/mol. The molecule has 0 aliphatic rings. The number of hydrogen-bond acceptors (Lipinski definition) is 0. The van der Waals surface area contributed by atoms with E-state index < -0.39 is 0 Å². The molecule has 6 heavy (non-hydrogen) atoms. The zero-order chi connectivity index (χ0) is 3.54. The van der Waals surface area contributed by atoms with Gasteiger partial charge in [0.2, 0.25) is 0 Å². The van der Waals surface area contributed by atoms with Gasteiger partial charge in [0.25, 0.3) is 0 Å². The third kappa shape index (κ3) is 1.94. The molecule has 0 aliphatic carbocycles. The van der Waals surface area contributed by atoms with Crippen molar-refractivity contribution in [1.29, 1.82) is 0 Å². The van der Waals surface area contributed by atoms with E-state index in [9.17, 15) is 0 Å². The van der Waals surface area contributed by atoms with E-state index in [0.29, 0.717) is 0 Å². The second kappa shape index (κ2) is 3.82. The van der Waals surface area contributed by atoms with Crippen LogP contribution in [0, 0.1) is 41.3 Å². The van der Waals surface area contributed by atoms with Crippen molar-refractivity contribution in [2.45, 2.75) is 0 Å². The smallest absolute Gasteiger partial charge is 0.000496 e. The van der Waals surface area contributed by atoms with Gasteiger partial charge in [0, 0.05) is 53.7 Å². The first-order valence-corrected chi connectivity index (χ1v) is 1.58. The van der Waals surface area contributed by atoms with Gasteiger partial charge in [-0.2, -0.15) is 0 Å². The van der Waals surface area contributed by atoms with Crippen LogP contribution in [0.4, 0.5) is 0 Å². The first-order chi connectivity index (χ1) is 2.50. The SMILES string of the molecule is [Pr].c1cc[nH]c1.